The quantitative estimate of drug-likeness (QED) is 0.342. The molecule has 186 valence electrons. The lowest BCUT2D eigenvalue weighted by Gasteiger charge is -2.25. The molecule has 0 spiro atoms. The van der Waals surface area contributed by atoms with Crippen LogP contribution in [0.4, 0.5) is 0 Å². The second-order valence-electron chi connectivity index (χ2n) is 8.24. The van der Waals surface area contributed by atoms with Gasteiger partial charge < -0.3 is 9.47 Å². The van der Waals surface area contributed by atoms with Gasteiger partial charge in [-0.05, 0) is 36.3 Å². The van der Waals surface area contributed by atoms with Crippen LogP contribution in [0.15, 0.2) is 94.2 Å². The number of nitrogens with zero attached hydrogens (tertiary/aromatic N) is 2. The number of thiazole rings is 1. The molecule has 0 saturated carbocycles. The van der Waals surface area contributed by atoms with E-state index in [1.54, 1.807) is 36.8 Å². The second kappa shape index (κ2) is 10.6. The third-order valence-electron chi connectivity index (χ3n) is 5.96. The molecule has 4 aromatic rings. The van der Waals surface area contributed by atoms with Crippen LogP contribution in [0.25, 0.3) is 11.8 Å². The van der Waals surface area contributed by atoms with Gasteiger partial charge in [0.05, 0.1) is 40.6 Å². The van der Waals surface area contributed by atoms with Crippen molar-refractivity contribution in [3.8, 4) is 5.75 Å². The number of rotatable bonds is 6. The Hall–Kier alpha value is -3.94. The molecule has 1 atom stereocenters. The van der Waals surface area contributed by atoms with Crippen molar-refractivity contribution in [2.45, 2.75) is 13.0 Å². The predicted octanol–water partition coefficient (Wildman–Crippen LogP) is 4.60. The van der Waals surface area contributed by atoms with Gasteiger partial charge in [-0.25, -0.2) is 9.79 Å². The normalized spacial score (nSPS) is 15.2. The molecule has 0 saturated heterocycles. The topological polar surface area (TPSA) is 69.9 Å². The Bertz CT molecular complexity index is 1670. The molecule has 1 aromatic heterocycles. The fourth-order valence-corrected chi connectivity index (χ4v) is 5.58. The number of ether oxygens (including phenoxy) is 2. The SMILES string of the molecule is CCOC(=O)C1=C(c2ccccc2)N=c2s/c(=C/c3ccc(OC)c(Cl)c3)c(=O)n2[C@H]1c1ccccc1. The average molecular weight is 531 g/mol. The van der Waals surface area contributed by atoms with Gasteiger partial charge in [-0.2, -0.15) is 0 Å². The lowest BCUT2D eigenvalue weighted by atomic mass is 9.93. The molecule has 6 nitrogen and oxygen atoms in total. The smallest absolute Gasteiger partial charge is 0.338 e. The van der Waals surface area contributed by atoms with Gasteiger partial charge in [0, 0.05) is 5.56 Å². The molecule has 0 radical (unpaired) electrons. The van der Waals surface area contributed by atoms with Gasteiger partial charge >= 0.3 is 5.97 Å². The van der Waals surface area contributed by atoms with Crippen molar-refractivity contribution in [1.29, 1.82) is 0 Å². The minimum Gasteiger partial charge on any atom is -0.495 e. The number of halogens is 1. The van der Waals surface area contributed by atoms with E-state index in [0.717, 1.165) is 16.7 Å². The van der Waals surface area contributed by atoms with Crippen LogP contribution in [-0.2, 0) is 9.53 Å². The number of fused-ring (bicyclic) bond motifs is 1. The van der Waals surface area contributed by atoms with Crippen LogP contribution in [0.3, 0.4) is 0 Å². The summed E-state index contributed by atoms with van der Waals surface area (Å²) < 4.78 is 12.8. The fourth-order valence-electron chi connectivity index (χ4n) is 4.31. The third kappa shape index (κ3) is 4.75. The number of hydrogen-bond donors (Lipinski definition) is 0. The summed E-state index contributed by atoms with van der Waals surface area (Å²) in [6.45, 7) is 1.96. The van der Waals surface area contributed by atoms with E-state index < -0.39 is 12.0 Å². The van der Waals surface area contributed by atoms with E-state index in [4.69, 9.17) is 26.1 Å². The van der Waals surface area contributed by atoms with Crippen LogP contribution in [-0.4, -0.2) is 24.3 Å². The molecule has 3 aromatic carbocycles. The minimum atomic E-state index is -0.701. The highest BCUT2D eigenvalue weighted by Crippen LogP contribution is 2.35. The first-order valence-electron chi connectivity index (χ1n) is 11.7. The number of benzene rings is 3. The Labute approximate surface area is 222 Å². The number of aromatic nitrogens is 1. The molecule has 0 bridgehead atoms. The Kier molecular flexibility index (Phi) is 7.08. The largest absolute Gasteiger partial charge is 0.495 e. The van der Waals surface area contributed by atoms with Gasteiger partial charge in [0.15, 0.2) is 4.80 Å². The summed E-state index contributed by atoms with van der Waals surface area (Å²) in [5.74, 6) is 0.0473. The van der Waals surface area contributed by atoms with Crippen molar-refractivity contribution in [2.75, 3.05) is 13.7 Å². The first kappa shape index (κ1) is 24.7. The number of methoxy groups -OCH3 is 1. The third-order valence-corrected chi connectivity index (χ3v) is 7.24. The molecule has 0 aliphatic carbocycles. The van der Waals surface area contributed by atoms with Crippen molar-refractivity contribution in [3.63, 3.8) is 0 Å². The standard InChI is InChI=1S/C29H23ClN2O4S/c1-3-36-28(34)24-25(19-10-6-4-7-11-19)31-29-32(26(24)20-12-8-5-9-13-20)27(33)23(37-29)17-18-14-15-22(35-2)21(30)16-18/h4-17,26H,3H2,1-2H3/b23-17+/t26-/m0/s1. The summed E-state index contributed by atoms with van der Waals surface area (Å²) in [5, 5.41) is 0.446. The van der Waals surface area contributed by atoms with Crippen molar-refractivity contribution >= 4 is 40.7 Å². The van der Waals surface area contributed by atoms with Gasteiger partial charge in [0.25, 0.3) is 5.56 Å². The summed E-state index contributed by atoms with van der Waals surface area (Å²) in [6, 6.07) is 23.6. The molecule has 0 unspecified atom stereocenters. The molecule has 5 rings (SSSR count). The Balaban J connectivity index is 1.80. The Morgan fingerprint density at radius 1 is 1.08 bits per heavy atom. The maximum atomic E-state index is 13.8. The summed E-state index contributed by atoms with van der Waals surface area (Å²) >= 11 is 7.57. The van der Waals surface area contributed by atoms with Crippen molar-refractivity contribution in [2.24, 2.45) is 4.99 Å². The highest BCUT2D eigenvalue weighted by molar-refractivity contribution is 7.07. The van der Waals surface area contributed by atoms with Crippen LogP contribution in [0.2, 0.25) is 5.02 Å². The molecule has 2 heterocycles. The van der Waals surface area contributed by atoms with Gasteiger partial charge in [-0.1, -0.05) is 89.7 Å². The molecule has 37 heavy (non-hydrogen) atoms. The fraction of sp³-hybridized carbons (Fsp3) is 0.138. The van der Waals surface area contributed by atoms with Crippen molar-refractivity contribution in [3.05, 3.63) is 126 Å². The van der Waals surface area contributed by atoms with E-state index in [9.17, 15) is 9.59 Å². The summed E-state index contributed by atoms with van der Waals surface area (Å²) in [4.78, 5) is 32.6. The Morgan fingerprint density at radius 2 is 1.78 bits per heavy atom. The van der Waals surface area contributed by atoms with Gasteiger partial charge in [0.2, 0.25) is 0 Å². The first-order chi connectivity index (χ1) is 18.0. The van der Waals surface area contributed by atoms with E-state index in [0.29, 0.717) is 31.4 Å². The van der Waals surface area contributed by atoms with Gasteiger partial charge in [0.1, 0.15) is 5.75 Å². The number of esters is 1. The Morgan fingerprint density at radius 3 is 2.43 bits per heavy atom. The summed E-state index contributed by atoms with van der Waals surface area (Å²) in [7, 11) is 1.55. The molecule has 0 fully saturated rings. The molecule has 0 amide bonds. The molecular formula is C29H23ClN2O4S. The lowest BCUT2D eigenvalue weighted by molar-refractivity contribution is -0.138. The van der Waals surface area contributed by atoms with E-state index in [2.05, 4.69) is 0 Å². The van der Waals surface area contributed by atoms with Crippen LogP contribution in [0.1, 0.15) is 29.7 Å². The van der Waals surface area contributed by atoms with Crippen LogP contribution in [0.5, 0.6) is 5.75 Å². The molecule has 0 N–H and O–H groups in total. The number of carbonyl (C=O) groups is 1. The number of carbonyl (C=O) groups excluding carboxylic acids is 1. The van der Waals surface area contributed by atoms with E-state index >= 15 is 0 Å². The first-order valence-corrected chi connectivity index (χ1v) is 12.9. The highest BCUT2D eigenvalue weighted by Gasteiger charge is 2.35. The highest BCUT2D eigenvalue weighted by atomic mass is 35.5. The zero-order valence-corrected chi connectivity index (χ0v) is 21.8. The molecule has 1 aliphatic rings. The second-order valence-corrected chi connectivity index (χ2v) is 9.65. The van der Waals surface area contributed by atoms with Gasteiger partial charge in [-0.3, -0.25) is 9.36 Å². The van der Waals surface area contributed by atoms with Crippen LogP contribution < -0.4 is 19.6 Å². The molecular weight excluding hydrogens is 508 g/mol. The monoisotopic (exact) mass is 530 g/mol. The zero-order chi connectivity index (χ0) is 25.9. The van der Waals surface area contributed by atoms with E-state index in [1.807, 2.05) is 66.7 Å². The lowest BCUT2D eigenvalue weighted by Crippen LogP contribution is -2.39. The maximum Gasteiger partial charge on any atom is 0.338 e. The predicted molar refractivity (Wildman–Crippen MR) is 146 cm³/mol. The van der Waals surface area contributed by atoms with Crippen molar-refractivity contribution in [1.82, 2.24) is 4.57 Å². The average Bonchev–Trinajstić information content (AvgIpc) is 3.23. The van der Waals surface area contributed by atoms with Gasteiger partial charge in [-0.15, -0.1) is 0 Å². The van der Waals surface area contributed by atoms with Crippen LogP contribution in [0, 0.1) is 0 Å². The maximum absolute atomic E-state index is 13.8. The minimum absolute atomic E-state index is 0.203. The summed E-state index contributed by atoms with van der Waals surface area (Å²) in [5.41, 5.74) is 2.87. The summed E-state index contributed by atoms with van der Waals surface area (Å²) in [6.07, 6.45) is 1.77. The van der Waals surface area contributed by atoms with Crippen LogP contribution >= 0.6 is 22.9 Å². The zero-order valence-electron chi connectivity index (χ0n) is 20.2. The van der Waals surface area contributed by atoms with E-state index in [1.165, 1.54) is 11.3 Å². The number of hydrogen-bond acceptors (Lipinski definition) is 6. The molecule has 8 heteroatoms. The van der Waals surface area contributed by atoms with Crippen molar-refractivity contribution < 1.29 is 14.3 Å². The molecule has 1 aliphatic heterocycles. The van der Waals surface area contributed by atoms with E-state index in [-0.39, 0.29) is 12.2 Å².